The van der Waals surface area contributed by atoms with Gasteiger partial charge < -0.3 is 5.11 Å². The first-order chi connectivity index (χ1) is 11.9. The van der Waals surface area contributed by atoms with Gasteiger partial charge in [-0.25, -0.2) is 0 Å². The highest BCUT2D eigenvalue weighted by molar-refractivity contribution is 9.10. The lowest BCUT2D eigenvalue weighted by Crippen LogP contribution is -3.41. The van der Waals surface area contributed by atoms with Gasteiger partial charge in [0.25, 0.3) is 0 Å². The third kappa shape index (κ3) is 2.50. The van der Waals surface area contributed by atoms with E-state index in [-0.39, 0.29) is 17.0 Å². The Hall–Kier alpha value is -0.910. The third-order valence-corrected chi connectivity index (χ3v) is 7.29. The van der Waals surface area contributed by atoms with Crippen LogP contribution in [0, 0.1) is 10.8 Å². The molecule has 0 atom stereocenters. The summed E-state index contributed by atoms with van der Waals surface area (Å²) >= 11 is 3.56. The number of halogens is 1. The normalized spacial score (nSPS) is 39.2. The number of benzene rings is 1. The van der Waals surface area contributed by atoms with Gasteiger partial charge in [0.2, 0.25) is 6.17 Å². The molecule has 4 fully saturated rings. The molecule has 5 rings (SSSR count). The summed E-state index contributed by atoms with van der Waals surface area (Å²) in [6.07, 6.45) is 4.42. The van der Waals surface area contributed by atoms with E-state index in [1.54, 1.807) is 6.07 Å². The minimum Gasteiger partial charge on any atom is -0.507 e. The zero-order valence-corrected chi connectivity index (χ0v) is 16.8. The molecule has 0 saturated carbocycles. The number of ketones is 1. The van der Waals surface area contributed by atoms with Gasteiger partial charge in [-0.3, -0.25) is 14.6 Å². The largest absolute Gasteiger partial charge is 0.507 e. The number of nitrogens with one attached hydrogen (secondary N) is 2. The van der Waals surface area contributed by atoms with Crippen LogP contribution in [0.4, 0.5) is 0 Å². The zero-order chi connectivity index (χ0) is 17.8. The molecule has 0 radical (unpaired) electrons. The van der Waals surface area contributed by atoms with Crippen molar-refractivity contribution in [3.63, 3.8) is 0 Å². The summed E-state index contributed by atoms with van der Waals surface area (Å²) in [6, 6.07) is 5.76. The van der Waals surface area contributed by atoms with Crippen LogP contribution in [0.15, 0.2) is 22.7 Å². The second-order valence-corrected chi connectivity index (χ2v) is 9.47. The van der Waals surface area contributed by atoms with Crippen molar-refractivity contribution in [2.75, 3.05) is 26.2 Å². The predicted molar refractivity (Wildman–Crippen MR) is 99.6 cm³/mol. The first kappa shape index (κ1) is 17.5. The van der Waals surface area contributed by atoms with Gasteiger partial charge in [0.1, 0.15) is 48.3 Å². The Balaban J connectivity index is 1.76. The Labute approximate surface area is 158 Å². The lowest BCUT2D eigenvalue weighted by atomic mass is 9.57. The van der Waals surface area contributed by atoms with Gasteiger partial charge in [0, 0.05) is 4.47 Å². The second kappa shape index (κ2) is 6.07. The Morgan fingerprint density at radius 1 is 1.08 bits per heavy atom. The van der Waals surface area contributed by atoms with Gasteiger partial charge in [0.05, 0.1) is 0 Å². The first-order valence-corrected chi connectivity index (χ1v) is 10.5. The molecule has 4 heterocycles. The maximum absolute atomic E-state index is 13.5. The molecule has 4 saturated heterocycles. The highest BCUT2D eigenvalue weighted by atomic mass is 79.9. The number of quaternary nitrogens is 2. The van der Waals surface area contributed by atoms with Crippen molar-refractivity contribution in [1.82, 2.24) is 0 Å². The lowest BCUT2D eigenvalue weighted by Gasteiger charge is -2.60. The molecule has 3 N–H and O–H groups in total. The number of aromatic hydroxyl groups is 1. The number of carbonyl (C=O) groups is 1. The van der Waals surface area contributed by atoms with Crippen molar-refractivity contribution in [2.45, 2.75) is 45.7 Å². The van der Waals surface area contributed by atoms with E-state index in [1.165, 1.54) is 9.80 Å². The van der Waals surface area contributed by atoms with Crippen LogP contribution in [0.3, 0.4) is 0 Å². The fourth-order valence-electron chi connectivity index (χ4n) is 6.30. The fourth-order valence-corrected chi connectivity index (χ4v) is 6.68. The average molecular weight is 409 g/mol. The zero-order valence-electron chi connectivity index (χ0n) is 15.2. The van der Waals surface area contributed by atoms with Crippen LogP contribution in [0.2, 0.25) is 0 Å². The molecular formula is C20H29BrN2O2+2. The maximum Gasteiger partial charge on any atom is 0.244 e. The van der Waals surface area contributed by atoms with E-state index in [0.717, 1.165) is 61.9 Å². The van der Waals surface area contributed by atoms with Crippen LogP contribution in [0.1, 0.15) is 51.3 Å². The van der Waals surface area contributed by atoms with E-state index in [1.807, 2.05) is 6.07 Å². The van der Waals surface area contributed by atoms with Crippen molar-refractivity contribution in [1.29, 1.82) is 0 Å². The molecule has 136 valence electrons. The quantitative estimate of drug-likeness (QED) is 0.683. The van der Waals surface area contributed by atoms with Crippen LogP contribution in [-0.4, -0.2) is 37.1 Å². The predicted octanol–water partition coefficient (Wildman–Crippen LogP) is 1.11. The average Bonchev–Trinajstić information content (AvgIpc) is 2.55. The van der Waals surface area contributed by atoms with Crippen molar-refractivity contribution in [3.8, 4) is 5.75 Å². The van der Waals surface area contributed by atoms with Crippen molar-refractivity contribution < 1.29 is 19.7 Å². The molecule has 1 aromatic carbocycles. The van der Waals surface area contributed by atoms with E-state index >= 15 is 0 Å². The van der Waals surface area contributed by atoms with E-state index < -0.39 is 0 Å². The minimum absolute atomic E-state index is 0.136. The Kier molecular flexibility index (Phi) is 4.25. The fraction of sp³-hybridized carbons (Fsp3) is 0.650. The highest BCUT2D eigenvalue weighted by Gasteiger charge is 2.70. The monoisotopic (exact) mass is 408 g/mol. The number of phenols is 1. The van der Waals surface area contributed by atoms with Gasteiger partial charge in [-0.05, 0) is 31.0 Å². The van der Waals surface area contributed by atoms with E-state index in [2.05, 4.69) is 35.8 Å². The van der Waals surface area contributed by atoms with Gasteiger partial charge in [0.15, 0.2) is 5.78 Å². The molecule has 0 aliphatic carbocycles. The van der Waals surface area contributed by atoms with Gasteiger partial charge >= 0.3 is 0 Å². The molecule has 0 aromatic heterocycles. The molecule has 4 bridgehead atoms. The first-order valence-electron chi connectivity index (χ1n) is 9.67. The molecule has 4 aliphatic heterocycles. The highest BCUT2D eigenvalue weighted by Crippen LogP contribution is 2.42. The van der Waals surface area contributed by atoms with Crippen LogP contribution >= 0.6 is 15.9 Å². The summed E-state index contributed by atoms with van der Waals surface area (Å²) in [4.78, 5) is 16.5. The second-order valence-electron chi connectivity index (χ2n) is 8.55. The SMILES string of the molecule is CCCC12C[NH+]3CC(CCC)(C[NH+](C1)C3c1cc(Br)ccc1O)C2=O. The van der Waals surface area contributed by atoms with Gasteiger partial charge in [-0.15, -0.1) is 0 Å². The summed E-state index contributed by atoms with van der Waals surface area (Å²) in [7, 11) is 0. The number of hydrogen-bond donors (Lipinski definition) is 3. The summed E-state index contributed by atoms with van der Waals surface area (Å²) < 4.78 is 1.01. The number of carbonyl (C=O) groups excluding carboxylic acids is 1. The summed E-state index contributed by atoms with van der Waals surface area (Å²) in [5.41, 5.74) is 0.760. The molecule has 4 nitrogen and oxygen atoms in total. The molecule has 4 aliphatic rings. The van der Waals surface area contributed by atoms with E-state index in [0.29, 0.717) is 11.5 Å². The minimum atomic E-state index is -0.136. The Morgan fingerprint density at radius 3 is 2.08 bits per heavy atom. The summed E-state index contributed by atoms with van der Waals surface area (Å²) in [6.45, 7) is 8.14. The Morgan fingerprint density at radius 2 is 1.60 bits per heavy atom. The third-order valence-electron chi connectivity index (χ3n) is 6.80. The van der Waals surface area contributed by atoms with Crippen molar-refractivity contribution >= 4 is 21.7 Å². The molecule has 25 heavy (non-hydrogen) atoms. The number of Topliss-reactive ketones (excluding diaryl/α,β-unsaturated/α-hetero) is 1. The number of piperidine rings is 2. The number of rotatable bonds is 5. The standard InChI is InChI=1S/C20H27BrN2O2/c1-3-7-19-10-22-12-20(8-4-2,18(19)25)13-23(11-19)17(22)15-9-14(21)5-6-16(15)24/h5-6,9,17,24H,3-4,7-8,10-13H2,1-2H3/p+2. The van der Waals surface area contributed by atoms with Gasteiger partial charge in [-0.1, -0.05) is 42.6 Å². The topological polar surface area (TPSA) is 46.2 Å². The van der Waals surface area contributed by atoms with Crippen LogP contribution in [0.25, 0.3) is 0 Å². The van der Waals surface area contributed by atoms with Gasteiger partial charge in [-0.2, -0.15) is 0 Å². The summed E-state index contributed by atoms with van der Waals surface area (Å²) in [5, 5.41) is 10.5. The van der Waals surface area contributed by atoms with Crippen LogP contribution in [-0.2, 0) is 4.79 Å². The molecule has 5 heteroatoms. The Bertz CT molecular complexity index is 661. The molecule has 1 aromatic rings. The molecule has 0 amide bonds. The molecule has 0 unspecified atom stereocenters. The molecular weight excluding hydrogens is 380 g/mol. The number of phenolic OH excluding ortho intramolecular Hbond substituents is 1. The smallest absolute Gasteiger partial charge is 0.244 e. The van der Waals surface area contributed by atoms with Crippen LogP contribution in [0.5, 0.6) is 5.75 Å². The summed E-state index contributed by atoms with van der Waals surface area (Å²) in [5.74, 6) is 0.953. The van der Waals surface area contributed by atoms with Crippen molar-refractivity contribution in [2.24, 2.45) is 10.8 Å². The van der Waals surface area contributed by atoms with Crippen LogP contribution < -0.4 is 9.80 Å². The maximum atomic E-state index is 13.5. The molecule has 0 spiro atoms. The lowest BCUT2D eigenvalue weighted by molar-refractivity contribution is -1.18. The van der Waals surface area contributed by atoms with Crippen molar-refractivity contribution in [3.05, 3.63) is 28.2 Å². The number of hydrogen-bond acceptors (Lipinski definition) is 2. The van der Waals surface area contributed by atoms with E-state index in [4.69, 9.17) is 0 Å². The van der Waals surface area contributed by atoms with E-state index in [9.17, 15) is 9.90 Å².